The van der Waals surface area contributed by atoms with Gasteiger partial charge in [0, 0.05) is 36.9 Å². The minimum absolute atomic E-state index is 0.0672. The van der Waals surface area contributed by atoms with Gasteiger partial charge in [-0.2, -0.15) is 16.3 Å². The largest absolute Gasteiger partial charge is 0.339 e. The Morgan fingerprint density at radius 3 is 2.81 bits per heavy atom. The zero-order chi connectivity index (χ0) is 18.2. The highest BCUT2D eigenvalue weighted by Gasteiger charge is 2.16. The number of hydrogen-bond donors (Lipinski definition) is 1. The Bertz CT molecular complexity index is 802. The maximum absolute atomic E-state index is 12.7. The van der Waals surface area contributed by atoms with Gasteiger partial charge in [0.1, 0.15) is 0 Å². The molecule has 1 aromatic carbocycles. The SMILES string of the molecule is NCCCN(Cc1ccccc1)C(=O)CCc1nc(-c2ccsc2)no1. The molecule has 0 saturated heterocycles. The number of rotatable bonds is 9. The average molecular weight is 370 g/mol. The molecule has 136 valence electrons. The van der Waals surface area contributed by atoms with E-state index in [1.54, 1.807) is 11.3 Å². The van der Waals surface area contributed by atoms with Crippen molar-refractivity contribution in [1.82, 2.24) is 15.0 Å². The summed E-state index contributed by atoms with van der Waals surface area (Å²) in [6.07, 6.45) is 1.55. The number of carbonyl (C=O) groups excluding carboxylic acids is 1. The molecule has 2 aromatic heterocycles. The zero-order valence-electron chi connectivity index (χ0n) is 14.5. The molecule has 1 amide bonds. The van der Waals surface area contributed by atoms with Crippen molar-refractivity contribution in [2.45, 2.75) is 25.8 Å². The first kappa shape index (κ1) is 18.3. The molecule has 0 aliphatic rings. The lowest BCUT2D eigenvalue weighted by Gasteiger charge is -2.22. The Morgan fingerprint density at radius 1 is 1.23 bits per heavy atom. The van der Waals surface area contributed by atoms with Crippen LogP contribution in [-0.2, 0) is 17.8 Å². The van der Waals surface area contributed by atoms with E-state index in [2.05, 4.69) is 10.1 Å². The summed E-state index contributed by atoms with van der Waals surface area (Å²) in [6.45, 7) is 1.80. The minimum Gasteiger partial charge on any atom is -0.339 e. The van der Waals surface area contributed by atoms with Gasteiger partial charge < -0.3 is 15.2 Å². The number of thiophene rings is 1. The van der Waals surface area contributed by atoms with Crippen molar-refractivity contribution in [3.05, 3.63) is 58.6 Å². The Labute approximate surface area is 156 Å². The normalized spacial score (nSPS) is 10.8. The predicted octanol–water partition coefficient (Wildman–Crippen LogP) is 3.11. The molecule has 0 fully saturated rings. The number of benzene rings is 1. The lowest BCUT2D eigenvalue weighted by Crippen LogP contribution is -2.32. The average Bonchev–Trinajstić information content (AvgIpc) is 3.35. The fourth-order valence-corrected chi connectivity index (χ4v) is 3.25. The van der Waals surface area contributed by atoms with Crippen LogP contribution in [0.15, 0.2) is 51.7 Å². The van der Waals surface area contributed by atoms with E-state index >= 15 is 0 Å². The van der Waals surface area contributed by atoms with Crippen molar-refractivity contribution in [3.8, 4) is 11.4 Å². The van der Waals surface area contributed by atoms with Crippen molar-refractivity contribution in [2.24, 2.45) is 5.73 Å². The van der Waals surface area contributed by atoms with Crippen LogP contribution >= 0.6 is 11.3 Å². The molecule has 7 heteroatoms. The van der Waals surface area contributed by atoms with Gasteiger partial charge in [-0.05, 0) is 30.0 Å². The number of nitrogens with two attached hydrogens (primary N) is 1. The molecule has 0 aliphatic carbocycles. The fraction of sp³-hybridized carbons (Fsp3) is 0.316. The van der Waals surface area contributed by atoms with Crippen molar-refractivity contribution in [3.63, 3.8) is 0 Å². The first-order valence-electron chi connectivity index (χ1n) is 8.63. The number of aryl methyl sites for hydroxylation is 1. The van der Waals surface area contributed by atoms with Crippen LogP contribution in [0.2, 0.25) is 0 Å². The smallest absolute Gasteiger partial charge is 0.227 e. The summed E-state index contributed by atoms with van der Waals surface area (Å²) in [4.78, 5) is 18.9. The third kappa shape index (κ3) is 5.00. The topological polar surface area (TPSA) is 85.2 Å². The van der Waals surface area contributed by atoms with Gasteiger partial charge in [-0.25, -0.2) is 0 Å². The highest BCUT2D eigenvalue weighted by Crippen LogP contribution is 2.19. The van der Waals surface area contributed by atoms with E-state index in [1.807, 2.05) is 52.1 Å². The van der Waals surface area contributed by atoms with Gasteiger partial charge in [-0.1, -0.05) is 35.5 Å². The molecule has 2 heterocycles. The molecular weight excluding hydrogens is 348 g/mol. The van der Waals surface area contributed by atoms with E-state index in [0.717, 1.165) is 17.5 Å². The molecule has 3 aromatic rings. The van der Waals surface area contributed by atoms with E-state index < -0.39 is 0 Å². The zero-order valence-corrected chi connectivity index (χ0v) is 15.3. The van der Waals surface area contributed by atoms with Crippen LogP contribution in [0.1, 0.15) is 24.3 Å². The molecule has 0 aliphatic heterocycles. The van der Waals surface area contributed by atoms with Gasteiger partial charge in [-0.3, -0.25) is 4.79 Å². The highest BCUT2D eigenvalue weighted by atomic mass is 32.1. The third-order valence-corrected chi connectivity index (χ3v) is 4.68. The summed E-state index contributed by atoms with van der Waals surface area (Å²) < 4.78 is 5.27. The second-order valence-corrected chi connectivity index (χ2v) is 6.75. The number of amides is 1. The van der Waals surface area contributed by atoms with Crippen LogP contribution in [0.5, 0.6) is 0 Å². The van der Waals surface area contributed by atoms with Crippen LogP contribution in [0.4, 0.5) is 0 Å². The van der Waals surface area contributed by atoms with Crippen LogP contribution in [0.25, 0.3) is 11.4 Å². The maximum Gasteiger partial charge on any atom is 0.227 e. The van der Waals surface area contributed by atoms with Gasteiger partial charge in [0.15, 0.2) is 0 Å². The predicted molar refractivity (Wildman–Crippen MR) is 101 cm³/mol. The first-order valence-corrected chi connectivity index (χ1v) is 9.57. The summed E-state index contributed by atoms with van der Waals surface area (Å²) in [5.41, 5.74) is 7.66. The molecule has 0 saturated carbocycles. The molecular formula is C19H22N4O2S. The molecule has 0 unspecified atom stereocenters. The minimum atomic E-state index is 0.0672. The van der Waals surface area contributed by atoms with Gasteiger partial charge in [0.2, 0.25) is 17.6 Å². The lowest BCUT2D eigenvalue weighted by atomic mass is 10.2. The molecule has 0 bridgehead atoms. The van der Waals surface area contributed by atoms with Crippen LogP contribution in [0, 0.1) is 0 Å². The van der Waals surface area contributed by atoms with E-state index in [-0.39, 0.29) is 5.91 Å². The number of hydrogen-bond acceptors (Lipinski definition) is 6. The monoisotopic (exact) mass is 370 g/mol. The van der Waals surface area contributed by atoms with Crippen LogP contribution in [0.3, 0.4) is 0 Å². The molecule has 26 heavy (non-hydrogen) atoms. The summed E-state index contributed by atoms with van der Waals surface area (Å²) in [5.74, 6) is 1.12. The standard InChI is InChI=1S/C19H22N4O2S/c20-10-4-11-23(13-15-5-2-1-3-6-15)18(24)8-7-17-21-19(22-25-17)16-9-12-26-14-16/h1-3,5-6,9,12,14H,4,7-8,10-11,13,20H2. The van der Waals surface area contributed by atoms with Crippen LogP contribution < -0.4 is 5.73 Å². The second kappa shape index (κ2) is 9.26. The summed E-state index contributed by atoms with van der Waals surface area (Å²) in [7, 11) is 0. The number of carbonyl (C=O) groups is 1. The molecule has 0 radical (unpaired) electrons. The van der Waals surface area contributed by atoms with E-state index in [0.29, 0.717) is 44.2 Å². The highest BCUT2D eigenvalue weighted by molar-refractivity contribution is 7.08. The van der Waals surface area contributed by atoms with Gasteiger partial charge in [0.05, 0.1) is 0 Å². The second-order valence-electron chi connectivity index (χ2n) is 5.97. The van der Waals surface area contributed by atoms with Gasteiger partial charge >= 0.3 is 0 Å². The van der Waals surface area contributed by atoms with Crippen molar-refractivity contribution in [2.75, 3.05) is 13.1 Å². The van der Waals surface area contributed by atoms with Crippen molar-refractivity contribution >= 4 is 17.2 Å². The third-order valence-electron chi connectivity index (χ3n) is 4.00. The Hall–Kier alpha value is -2.51. The maximum atomic E-state index is 12.7. The van der Waals surface area contributed by atoms with Crippen LogP contribution in [-0.4, -0.2) is 34.0 Å². The molecule has 6 nitrogen and oxygen atoms in total. The van der Waals surface area contributed by atoms with E-state index in [4.69, 9.17) is 10.3 Å². The summed E-state index contributed by atoms with van der Waals surface area (Å²) in [5, 5.41) is 7.91. The Balaban J connectivity index is 1.58. The van der Waals surface area contributed by atoms with Gasteiger partial charge in [0.25, 0.3) is 0 Å². The fourth-order valence-electron chi connectivity index (χ4n) is 2.62. The van der Waals surface area contributed by atoms with E-state index in [1.165, 1.54) is 0 Å². The number of nitrogens with zero attached hydrogens (tertiary/aromatic N) is 3. The molecule has 3 rings (SSSR count). The lowest BCUT2D eigenvalue weighted by molar-refractivity contribution is -0.131. The summed E-state index contributed by atoms with van der Waals surface area (Å²) >= 11 is 1.58. The quantitative estimate of drug-likeness (QED) is 0.625. The molecule has 0 spiro atoms. The number of aromatic nitrogens is 2. The molecule has 2 N–H and O–H groups in total. The van der Waals surface area contributed by atoms with Crippen molar-refractivity contribution < 1.29 is 9.32 Å². The summed E-state index contributed by atoms with van der Waals surface area (Å²) in [6, 6.07) is 11.9. The van der Waals surface area contributed by atoms with E-state index in [9.17, 15) is 4.79 Å². The van der Waals surface area contributed by atoms with Gasteiger partial charge in [-0.15, -0.1) is 0 Å². The Kier molecular flexibility index (Phi) is 6.51. The van der Waals surface area contributed by atoms with Crippen molar-refractivity contribution in [1.29, 1.82) is 0 Å². The molecule has 0 atom stereocenters. The first-order chi connectivity index (χ1) is 12.8. The Morgan fingerprint density at radius 2 is 2.08 bits per heavy atom.